The van der Waals surface area contributed by atoms with Crippen molar-refractivity contribution in [1.29, 1.82) is 0 Å². The first-order valence-corrected chi connectivity index (χ1v) is 5.23. The van der Waals surface area contributed by atoms with Gasteiger partial charge in [0, 0.05) is 0 Å². The summed E-state index contributed by atoms with van der Waals surface area (Å²) in [5.41, 5.74) is 0.607. The normalized spacial score (nSPS) is 11.0. The second kappa shape index (κ2) is 5.01. The van der Waals surface area contributed by atoms with Crippen molar-refractivity contribution in [2.24, 2.45) is 5.41 Å². The summed E-state index contributed by atoms with van der Waals surface area (Å²) in [4.78, 5) is 11.3. The lowest BCUT2D eigenvalue weighted by molar-refractivity contribution is 0.0600. The molecule has 0 atom stereocenters. The second-order valence-corrected chi connectivity index (χ2v) is 4.87. The topological polar surface area (TPSA) is 35.5 Å². The van der Waals surface area contributed by atoms with E-state index in [1.54, 1.807) is 18.2 Å². The summed E-state index contributed by atoms with van der Waals surface area (Å²) in [5.74, 6) is 0.346. The monoisotopic (exact) mass is 222 g/mol. The van der Waals surface area contributed by atoms with E-state index >= 15 is 0 Å². The van der Waals surface area contributed by atoms with Crippen LogP contribution < -0.4 is 4.74 Å². The number of methoxy groups -OCH3 is 1. The first-order valence-electron chi connectivity index (χ1n) is 5.23. The third-order valence-corrected chi connectivity index (χ3v) is 1.93. The molecule has 0 bridgehead atoms. The van der Waals surface area contributed by atoms with Gasteiger partial charge < -0.3 is 9.47 Å². The minimum atomic E-state index is -0.346. The number of carbonyl (C=O) groups is 1. The smallest absolute Gasteiger partial charge is 0.337 e. The molecule has 0 unspecified atom stereocenters. The van der Waals surface area contributed by atoms with Crippen molar-refractivity contribution < 1.29 is 14.3 Å². The fourth-order valence-electron chi connectivity index (χ4n) is 1.13. The minimum absolute atomic E-state index is 0.0985. The number of ether oxygens (including phenoxy) is 2. The molecule has 1 aromatic carbocycles. The molecule has 1 rings (SSSR count). The third kappa shape index (κ3) is 3.93. The van der Waals surface area contributed by atoms with Crippen LogP contribution >= 0.6 is 0 Å². The predicted octanol–water partition coefficient (Wildman–Crippen LogP) is 2.90. The van der Waals surface area contributed by atoms with E-state index in [9.17, 15) is 4.79 Å². The van der Waals surface area contributed by atoms with E-state index in [1.165, 1.54) is 7.11 Å². The molecule has 3 heteroatoms. The van der Waals surface area contributed by atoms with Crippen molar-refractivity contribution in [3.63, 3.8) is 0 Å². The molecule has 0 saturated heterocycles. The van der Waals surface area contributed by atoms with Crippen LogP contribution in [0.4, 0.5) is 0 Å². The molecule has 0 aromatic heterocycles. The van der Waals surface area contributed by atoms with E-state index in [1.807, 2.05) is 6.07 Å². The largest absolute Gasteiger partial charge is 0.493 e. The lowest BCUT2D eigenvalue weighted by atomic mass is 9.99. The van der Waals surface area contributed by atoms with Crippen molar-refractivity contribution in [2.75, 3.05) is 13.7 Å². The molecule has 0 fully saturated rings. The molecule has 0 radical (unpaired) electrons. The van der Waals surface area contributed by atoms with Crippen molar-refractivity contribution >= 4 is 5.97 Å². The minimum Gasteiger partial charge on any atom is -0.493 e. The van der Waals surface area contributed by atoms with Gasteiger partial charge in [-0.25, -0.2) is 4.79 Å². The summed E-state index contributed by atoms with van der Waals surface area (Å²) < 4.78 is 10.2. The lowest BCUT2D eigenvalue weighted by Crippen LogP contribution is -2.17. The first kappa shape index (κ1) is 12.6. The highest BCUT2D eigenvalue weighted by molar-refractivity contribution is 5.89. The van der Waals surface area contributed by atoms with Crippen LogP contribution in [-0.2, 0) is 4.74 Å². The van der Waals surface area contributed by atoms with Crippen LogP contribution in [0.5, 0.6) is 5.75 Å². The molecule has 3 nitrogen and oxygen atoms in total. The van der Waals surface area contributed by atoms with Gasteiger partial charge >= 0.3 is 5.97 Å². The Bertz CT molecular complexity index is 364. The molecule has 0 aliphatic carbocycles. The highest BCUT2D eigenvalue weighted by atomic mass is 16.5. The summed E-state index contributed by atoms with van der Waals surface area (Å²) in [7, 11) is 1.37. The fraction of sp³-hybridized carbons (Fsp3) is 0.462. The van der Waals surface area contributed by atoms with Gasteiger partial charge in [-0.1, -0.05) is 26.8 Å². The highest BCUT2D eigenvalue weighted by Gasteiger charge is 2.12. The summed E-state index contributed by atoms with van der Waals surface area (Å²) in [6.45, 7) is 6.89. The summed E-state index contributed by atoms with van der Waals surface area (Å²) in [5, 5.41) is 0. The molecule has 0 saturated carbocycles. The van der Waals surface area contributed by atoms with Gasteiger partial charge in [0.15, 0.2) is 0 Å². The van der Waals surface area contributed by atoms with Gasteiger partial charge in [0.2, 0.25) is 0 Å². The summed E-state index contributed by atoms with van der Waals surface area (Å²) in [6, 6.07) is 7.01. The summed E-state index contributed by atoms with van der Waals surface area (Å²) >= 11 is 0. The SMILES string of the molecule is COC(=O)c1cccc(OCC(C)(C)C)c1. The zero-order chi connectivity index (χ0) is 12.2. The Hall–Kier alpha value is -1.51. The van der Waals surface area contributed by atoms with Gasteiger partial charge in [-0.15, -0.1) is 0 Å². The molecule has 0 aliphatic heterocycles. The highest BCUT2D eigenvalue weighted by Crippen LogP contribution is 2.19. The maximum atomic E-state index is 11.3. The quantitative estimate of drug-likeness (QED) is 0.738. The van der Waals surface area contributed by atoms with Crippen LogP contribution in [0.15, 0.2) is 24.3 Å². The Morgan fingerprint density at radius 2 is 2.00 bits per heavy atom. The number of hydrogen-bond acceptors (Lipinski definition) is 3. The summed E-state index contributed by atoms with van der Waals surface area (Å²) in [6.07, 6.45) is 0. The maximum absolute atomic E-state index is 11.3. The van der Waals surface area contributed by atoms with Gasteiger partial charge in [0.1, 0.15) is 5.75 Å². The number of esters is 1. The van der Waals surface area contributed by atoms with E-state index in [4.69, 9.17) is 4.74 Å². The van der Waals surface area contributed by atoms with E-state index in [-0.39, 0.29) is 11.4 Å². The zero-order valence-electron chi connectivity index (χ0n) is 10.2. The molecule has 0 aliphatic rings. The molecule has 0 N–H and O–H groups in total. The first-order chi connectivity index (χ1) is 7.42. The maximum Gasteiger partial charge on any atom is 0.337 e. The van der Waals surface area contributed by atoms with Crippen molar-refractivity contribution in [1.82, 2.24) is 0 Å². The van der Waals surface area contributed by atoms with Crippen LogP contribution in [0.2, 0.25) is 0 Å². The number of rotatable bonds is 3. The van der Waals surface area contributed by atoms with E-state index in [2.05, 4.69) is 25.5 Å². The zero-order valence-corrected chi connectivity index (χ0v) is 10.2. The average molecular weight is 222 g/mol. The van der Waals surface area contributed by atoms with Crippen LogP contribution in [0.3, 0.4) is 0 Å². The van der Waals surface area contributed by atoms with Gasteiger partial charge in [0.25, 0.3) is 0 Å². The molecule has 16 heavy (non-hydrogen) atoms. The second-order valence-electron chi connectivity index (χ2n) is 4.87. The van der Waals surface area contributed by atoms with Gasteiger partial charge in [-0.3, -0.25) is 0 Å². The average Bonchev–Trinajstić information content (AvgIpc) is 2.25. The van der Waals surface area contributed by atoms with E-state index in [0.717, 1.165) is 0 Å². The predicted molar refractivity (Wildman–Crippen MR) is 62.7 cm³/mol. The molecule has 0 heterocycles. The number of benzene rings is 1. The van der Waals surface area contributed by atoms with Gasteiger partial charge in [-0.2, -0.15) is 0 Å². The molecular formula is C13H18O3. The van der Waals surface area contributed by atoms with Crippen molar-refractivity contribution in [2.45, 2.75) is 20.8 Å². The molecule has 1 aromatic rings. The number of hydrogen-bond donors (Lipinski definition) is 0. The van der Waals surface area contributed by atoms with Crippen LogP contribution in [0.1, 0.15) is 31.1 Å². The Kier molecular flexibility index (Phi) is 3.93. The Morgan fingerprint density at radius 1 is 1.31 bits per heavy atom. The van der Waals surface area contributed by atoms with Crippen LogP contribution in [0.25, 0.3) is 0 Å². The van der Waals surface area contributed by atoms with Crippen LogP contribution in [0, 0.1) is 5.41 Å². The van der Waals surface area contributed by atoms with Gasteiger partial charge in [-0.05, 0) is 23.6 Å². The van der Waals surface area contributed by atoms with Crippen LogP contribution in [-0.4, -0.2) is 19.7 Å². The Balaban J connectivity index is 2.71. The van der Waals surface area contributed by atoms with Crippen molar-refractivity contribution in [3.8, 4) is 5.75 Å². The Labute approximate surface area is 96.4 Å². The molecule has 0 spiro atoms. The lowest BCUT2D eigenvalue weighted by Gasteiger charge is -2.18. The third-order valence-electron chi connectivity index (χ3n) is 1.93. The van der Waals surface area contributed by atoms with Gasteiger partial charge in [0.05, 0.1) is 19.3 Å². The number of carbonyl (C=O) groups excluding carboxylic acids is 1. The van der Waals surface area contributed by atoms with E-state index < -0.39 is 0 Å². The molecule has 88 valence electrons. The van der Waals surface area contributed by atoms with Crippen molar-refractivity contribution in [3.05, 3.63) is 29.8 Å². The Morgan fingerprint density at radius 3 is 2.56 bits per heavy atom. The molecule has 0 amide bonds. The fourth-order valence-corrected chi connectivity index (χ4v) is 1.13. The standard InChI is InChI=1S/C13H18O3/c1-13(2,3)9-16-11-7-5-6-10(8-11)12(14)15-4/h5-8H,9H2,1-4H3. The van der Waals surface area contributed by atoms with E-state index in [0.29, 0.717) is 17.9 Å². The molecular weight excluding hydrogens is 204 g/mol.